The molecule has 0 saturated heterocycles. The highest BCUT2D eigenvalue weighted by Gasteiger charge is 2.55. The SMILES string of the molecule is CC(C)(N)C1(c2[nH]nc3ccccc23)CC1. The fourth-order valence-electron chi connectivity index (χ4n) is 2.67. The molecule has 0 atom stereocenters. The van der Waals surface area contributed by atoms with Crippen molar-refractivity contribution >= 4 is 10.9 Å². The first-order chi connectivity index (χ1) is 7.55. The molecule has 3 rings (SSSR count). The zero-order valence-electron chi connectivity index (χ0n) is 9.75. The van der Waals surface area contributed by atoms with Crippen molar-refractivity contribution in [2.24, 2.45) is 5.73 Å². The summed E-state index contributed by atoms with van der Waals surface area (Å²) in [6, 6.07) is 8.23. The Morgan fingerprint density at radius 2 is 2.00 bits per heavy atom. The second-order valence-electron chi connectivity index (χ2n) is 5.42. The maximum atomic E-state index is 6.31. The molecule has 2 aromatic rings. The Hall–Kier alpha value is -1.35. The molecule has 0 amide bonds. The van der Waals surface area contributed by atoms with Crippen LogP contribution in [0.2, 0.25) is 0 Å². The molecule has 0 radical (unpaired) electrons. The van der Waals surface area contributed by atoms with Crippen LogP contribution in [0.5, 0.6) is 0 Å². The van der Waals surface area contributed by atoms with Gasteiger partial charge in [-0.25, -0.2) is 0 Å². The normalized spacial score (nSPS) is 18.9. The van der Waals surface area contributed by atoms with Gasteiger partial charge < -0.3 is 5.73 Å². The molecule has 1 saturated carbocycles. The molecule has 0 unspecified atom stereocenters. The van der Waals surface area contributed by atoms with Crippen molar-refractivity contribution in [3.63, 3.8) is 0 Å². The number of nitrogens with one attached hydrogen (secondary N) is 1. The summed E-state index contributed by atoms with van der Waals surface area (Å²) in [6.07, 6.45) is 2.31. The average Bonchev–Trinajstić information content (AvgIpc) is 2.93. The van der Waals surface area contributed by atoms with E-state index in [0.29, 0.717) is 0 Å². The lowest BCUT2D eigenvalue weighted by atomic mass is 9.81. The molecule has 84 valence electrons. The molecule has 1 fully saturated rings. The summed E-state index contributed by atoms with van der Waals surface area (Å²) in [5.41, 5.74) is 8.47. The van der Waals surface area contributed by atoms with Gasteiger partial charge in [0.2, 0.25) is 0 Å². The third kappa shape index (κ3) is 1.15. The first-order valence-electron chi connectivity index (χ1n) is 5.77. The van der Waals surface area contributed by atoms with Crippen molar-refractivity contribution in [3.05, 3.63) is 30.0 Å². The lowest BCUT2D eigenvalue weighted by Crippen LogP contribution is -2.45. The van der Waals surface area contributed by atoms with E-state index in [-0.39, 0.29) is 11.0 Å². The van der Waals surface area contributed by atoms with E-state index in [0.717, 1.165) is 18.4 Å². The van der Waals surface area contributed by atoms with Crippen molar-refractivity contribution in [1.82, 2.24) is 10.2 Å². The summed E-state index contributed by atoms with van der Waals surface area (Å²) in [5.74, 6) is 0. The molecule has 16 heavy (non-hydrogen) atoms. The molecular formula is C13H17N3. The second-order valence-corrected chi connectivity index (χ2v) is 5.42. The predicted octanol–water partition coefficient (Wildman–Crippen LogP) is 2.33. The average molecular weight is 215 g/mol. The number of benzene rings is 1. The lowest BCUT2D eigenvalue weighted by molar-refractivity contribution is 0.385. The highest BCUT2D eigenvalue weighted by molar-refractivity contribution is 5.83. The van der Waals surface area contributed by atoms with E-state index < -0.39 is 0 Å². The summed E-state index contributed by atoms with van der Waals surface area (Å²) in [5, 5.41) is 8.77. The highest BCUT2D eigenvalue weighted by atomic mass is 15.1. The molecular weight excluding hydrogens is 198 g/mol. The first kappa shape index (κ1) is 9.85. The number of fused-ring (bicyclic) bond motifs is 1. The fourth-order valence-corrected chi connectivity index (χ4v) is 2.67. The number of nitrogens with two attached hydrogens (primary N) is 1. The number of para-hydroxylation sites is 1. The van der Waals surface area contributed by atoms with Crippen molar-refractivity contribution in [3.8, 4) is 0 Å². The van der Waals surface area contributed by atoms with Gasteiger partial charge in [-0.3, -0.25) is 5.10 Å². The maximum Gasteiger partial charge on any atom is 0.0923 e. The molecule has 3 N–H and O–H groups in total. The Balaban J connectivity index is 2.21. The van der Waals surface area contributed by atoms with Crippen molar-refractivity contribution in [1.29, 1.82) is 0 Å². The highest BCUT2D eigenvalue weighted by Crippen LogP contribution is 2.55. The van der Waals surface area contributed by atoms with E-state index in [1.54, 1.807) is 0 Å². The Morgan fingerprint density at radius 1 is 1.31 bits per heavy atom. The van der Waals surface area contributed by atoms with Gasteiger partial charge in [-0.05, 0) is 32.8 Å². The van der Waals surface area contributed by atoms with Crippen molar-refractivity contribution in [2.75, 3.05) is 0 Å². The summed E-state index contributed by atoms with van der Waals surface area (Å²) in [4.78, 5) is 0. The smallest absolute Gasteiger partial charge is 0.0923 e. The van der Waals surface area contributed by atoms with Gasteiger partial charge in [0.25, 0.3) is 0 Å². The van der Waals surface area contributed by atoms with Crippen LogP contribution < -0.4 is 5.73 Å². The maximum absolute atomic E-state index is 6.31. The molecule has 0 spiro atoms. The topological polar surface area (TPSA) is 54.7 Å². The predicted molar refractivity (Wildman–Crippen MR) is 65.3 cm³/mol. The molecule has 0 aliphatic heterocycles. The summed E-state index contributed by atoms with van der Waals surface area (Å²) in [7, 11) is 0. The van der Waals surface area contributed by atoms with Gasteiger partial charge in [0, 0.05) is 16.3 Å². The van der Waals surface area contributed by atoms with E-state index in [4.69, 9.17) is 5.73 Å². The van der Waals surface area contributed by atoms with Gasteiger partial charge in [0.15, 0.2) is 0 Å². The third-order valence-corrected chi connectivity index (χ3v) is 3.92. The Labute approximate surface area is 95.0 Å². The Morgan fingerprint density at radius 3 is 2.62 bits per heavy atom. The number of aromatic amines is 1. The fraction of sp³-hybridized carbons (Fsp3) is 0.462. The van der Waals surface area contributed by atoms with E-state index in [1.807, 2.05) is 12.1 Å². The van der Waals surface area contributed by atoms with Gasteiger partial charge in [-0.15, -0.1) is 0 Å². The van der Waals surface area contributed by atoms with E-state index >= 15 is 0 Å². The van der Waals surface area contributed by atoms with Crippen LogP contribution in [0.1, 0.15) is 32.4 Å². The van der Waals surface area contributed by atoms with E-state index in [1.165, 1.54) is 11.1 Å². The van der Waals surface area contributed by atoms with Gasteiger partial charge in [-0.2, -0.15) is 5.10 Å². The number of rotatable bonds is 2. The summed E-state index contributed by atoms with van der Waals surface area (Å²) in [6.45, 7) is 4.21. The Bertz CT molecular complexity index is 529. The van der Waals surface area contributed by atoms with Crippen LogP contribution in [0.4, 0.5) is 0 Å². The number of aromatic nitrogens is 2. The quantitative estimate of drug-likeness (QED) is 0.807. The molecule has 1 aliphatic rings. The minimum atomic E-state index is -0.192. The zero-order chi connectivity index (χ0) is 11.4. The molecule has 1 aromatic heterocycles. The van der Waals surface area contributed by atoms with Gasteiger partial charge in [0.1, 0.15) is 0 Å². The Kier molecular flexibility index (Phi) is 1.76. The van der Waals surface area contributed by atoms with Crippen LogP contribution in [0, 0.1) is 0 Å². The first-order valence-corrected chi connectivity index (χ1v) is 5.77. The number of H-pyrrole nitrogens is 1. The molecule has 3 heteroatoms. The molecule has 1 aromatic carbocycles. The molecule has 1 heterocycles. The van der Waals surface area contributed by atoms with Crippen molar-refractivity contribution in [2.45, 2.75) is 37.6 Å². The number of nitrogens with zero attached hydrogens (tertiary/aromatic N) is 1. The van der Waals surface area contributed by atoms with Gasteiger partial charge in [-0.1, -0.05) is 18.2 Å². The lowest BCUT2D eigenvalue weighted by Gasteiger charge is -2.30. The van der Waals surface area contributed by atoms with Crippen LogP contribution in [0.15, 0.2) is 24.3 Å². The van der Waals surface area contributed by atoms with Crippen LogP contribution in [0.3, 0.4) is 0 Å². The molecule has 3 nitrogen and oxygen atoms in total. The minimum Gasteiger partial charge on any atom is -0.325 e. The summed E-state index contributed by atoms with van der Waals surface area (Å²) < 4.78 is 0. The van der Waals surface area contributed by atoms with E-state index in [2.05, 4.69) is 36.2 Å². The number of hydrogen-bond donors (Lipinski definition) is 2. The van der Waals surface area contributed by atoms with E-state index in [9.17, 15) is 0 Å². The summed E-state index contributed by atoms with van der Waals surface area (Å²) >= 11 is 0. The minimum absolute atomic E-state index is 0.100. The monoisotopic (exact) mass is 215 g/mol. The molecule has 1 aliphatic carbocycles. The standard InChI is InChI=1S/C13H17N3/c1-12(2,14)13(7-8-13)11-9-5-3-4-6-10(9)15-16-11/h3-6H,7-8,14H2,1-2H3,(H,15,16). The van der Waals surface area contributed by atoms with Gasteiger partial charge in [0.05, 0.1) is 11.2 Å². The number of hydrogen-bond acceptors (Lipinski definition) is 2. The molecule has 0 bridgehead atoms. The zero-order valence-corrected chi connectivity index (χ0v) is 9.75. The third-order valence-electron chi connectivity index (χ3n) is 3.92. The second kappa shape index (κ2) is 2.86. The van der Waals surface area contributed by atoms with Crippen LogP contribution in [-0.4, -0.2) is 15.7 Å². The van der Waals surface area contributed by atoms with Crippen LogP contribution in [-0.2, 0) is 5.41 Å². The van der Waals surface area contributed by atoms with Crippen molar-refractivity contribution < 1.29 is 0 Å². The van der Waals surface area contributed by atoms with Crippen LogP contribution in [0.25, 0.3) is 10.9 Å². The largest absolute Gasteiger partial charge is 0.325 e. The van der Waals surface area contributed by atoms with Crippen LogP contribution >= 0.6 is 0 Å². The van der Waals surface area contributed by atoms with Gasteiger partial charge >= 0.3 is 0 Å².